The number of carbonyl (C=O) groups excluding carboxylic acids is 1. The number of nitrogens with zero attached hydrogens (tertiary/aromatic N) is 1. The van der Waals surface area contributed by atoms with Gasteiger partial charge in [0, 0.05) is 13.0 Å². The Morgan fingerprint density at radius 3 is 2.29 bits per heavy atom. The van der Waals surface area contributed by atoms with Gasteiger partial charge in [-0.25, -0.2) is 0 Å². The van der Waals surface area contributed by atoms with Crippen molar-refractivity contribution < 1.29 is 4.79 Å². The lowest BCUT2D eigenvalue weighted by Gasteiger charge is -2.16. The summed E-state index contributed by atoms with van der Waals surface area (Å²) in [7, 11) is 3.98. The molecular formula is C12H23NO. The molecule has 0 spiro atoms. The van der Waals surface area contributed by atoms with Gasteiger partial charge in [-0.15, -0.1) is 0 Å². The molecule has 0 heterocycles. The highest BCUT2D eigenvalue weighted by molar-refractivity contribution is 5.89. The average Bonchev–Trinajstić information content (AvgIpc) is 1.99. The number of allylic oxidation sites excluding steroid dienone is 1. The van der Waals surface area contributed by atoms with Crippen LogP contribution in [0.4, 0.5) is 0 Å². The van der Waals surface area contributed by atoms with Gasteiger partial charge in [0.05, 0.1) is 0 Å². The molecule has 0 aliphatic carbocycles. The predicted molar refractivity (Wildman–Crippen MR) is 61.4 cm³/mol. The van der Waals surface area contributed by atoms with Crippen molar-refractivity contribution in [2.75, 3.05) is 20.6 Å². The van der Waals surface area contributed by atoms with Crippen LogP contribution in [0.5, 0.6) is 0 Å². The second-order valence-corrected chi connectivity index (χ2v) is 5.19. The molecule has 0 unspecified atom stereocenters. The molecule has 0 saturated heterocycles. The predicted octanol–water partition coefficient (Wildman–Crippen LogP) is 2.50. The van der Waals surface area contributed by atoms with Crippen LogP contribution in [0, 0.1) is 5.41 Å². The second-order valence-electron chi connectivity index (χ2n) is 5.19. The van der Waals surface area contributed by atoms with Crippen LogP contribution in [0.3, 0.4) is 0 Å². The van der Waals surface area contributed by atoms with Gasteiger partial charge in [-0.2, -0.15) is 0 Å². The number of hydrogen-bond donors (Lipinski definition) is 0. The van der Waals surface area contributed by atoms with Crippen molar-refractivity contribution in [1.82, 2.24) is 4.90 Å². The van der Waals surface area contributed by atoms with Crippen molar-refractivity contribution in [3.8, 4) is 0 Å². The van der Waals surface area contributed by atoms with Crippen LogP contribution in [0.2, 0.25) is 0 Å². The van der Waals surface area contributed by atoms with Gasteiger partial charge < -0.3 is 4.90 Å². The Morgan fingerprint density at radius 2 is 1.86 bits per heavy atom. The molecule has 2 heteroatoms. The van der Waals surface area contributed by atoms with Crippen molar-refractivity contribution in [2.45, 2.75) is 33.6 Å². The molecule has 2 nitrogen and oxygen atoms in total. The molecule has 0 aliphatic rings. The van der Waals surface area contributed by atoms with Crippen LogP contribution >= 0.6 is 0 Å². The van der Waals surface area contributed by atoms with Crippen LogP contribution < -0.4 is 0 Å². The summed E-state index contributed by atoms with van der Waals surface area (Å²) in [4.78, 5) is 13.4. The number of likely N-dealkylation sites (N-methyl/N-ethyl adjacent to an activating group) is 1. The Hall–Kier alpha value is -0.630. The molecule has 0 rings (SSSR count). The zero-order valence-electron chi connectivity index (χ0n) is 10.1. The number of ketones is 1. The first-order chi connectivity index (χ1) is 6.31. The fraction of sp³-hybridized carbons (Fsp3) is 0.750. The van der Waals surface area contributed by atoms with E-state index in [-0.39, 0.29) is 11.2 Å². The molecule has 0 aromatic carbocycles. The fourth-order valence-corrected chi connectivity index (χ4v) is 0.977. The Bertz CT molecular complexity index is 199. The third-order valence-electron chi connectivity index (χ3n) is 1.90. The summed E-state index contributed by atoms with van der Waals surface area (Å²) in [5.41, 5.74) is 0.255. The standard InChI is InChI=1S/C12H23NO/c1-12(2,3)9-8-11(14)7-6-10-13(4)5/h6-7H,8-10H2,1-5H3/b7-6+. The van der Waals surface area contributed by atoms with Crippen molar-refractivity contribution in [3.63, 3.8) is 0 Å². The third-order valence-corrected chi connectivity index (χ3v) is 1.90. The van der Waals surface area contributed by atoms with Gasteiger partial charge in [-0.05, 0) is 32.0 Å². The summed E-state index contributed by atoms with van der Waals surface area (Å²) in [6.45, 7) is 7.30. The monoisotopic (exact) mass is 197 g/mol. The third kappa shape index (κ3) is 9.46. The first kappa shape index (κ1) is 13.4. The molecule has 14 heavy (non-hydrogen) atoms. The minimum atomic E-state index is 0.238. The van der Waals surface area contributed by atoms with Crippen molar-refractivity contribution >= 4 is 5.78 Å². The second kappa shape index (κ2) is 5.97. The lowest BCUT2D eigenvalue weighted by atomic mass is 9.89. The zero-order valence-corrected chi connectivity index (χ0v) is 10.1. The van der Waals surface area contributed by atoms with E-state index in [0.29, 0.717) is 6.42 Å². The van der Waals surface area contributed by atoms with Gasteiger partial charge in [0.1, 0.15) is 0 Å². The Labute approximate surface area is 88.0 Å². The maximum Gasteiger partial charge on any atom is 0.155 e. The molecular weight excluding hydrogens is 174 g/mol. The van der Waals surface area contributed by atoms with Crippen molar-refractivity contribution in [1.29, 1.82) is 0 Å². The van der Waals surface area contributed by atoms with Gasteiger partial charge in [-0.1, -0.05) is 26.8 Å². The minimum absolute atomic E-state index is 0.238. The SMILES string of the molecule is CN(C)C/C=C/C(=O)CCC(C)(C)C. The first-order valence-corrected chi connectivity index (χ1v) is 5.15. The Balaban J connectivity index is 3.71. The molecule has 82 valence electrons. The van der Waals surface area contributed by atoms with Gasteiger partial charge in [-0.3, -0.25) is 4.79 Å². The lowest BCUT2D eigenvalue weighted by molar-refractivity contribution is -0.115. The van der Waals surface area contributed by atoms with Crippen molar-refractivity contribution in [3.05, 3.63) is 12.2 Å². The number of rotatable bonds is 5. The molecule has 0 aromatic heterocycles. The van der Waals surface area contributed by atoms with E-state index in [9.17, 15) is 4.79 Å². The first-order valence-electron chi connectivity index (χ1n) is 5.15. The van der Waals surface area contributed by atoms with E-state index in [2.05, 4.69) is 20.8 Å². The van der Waals surface area contributed by atoms with Crippen LogP contribution in [-0.2, 0) is 4.79 Å². The topological polar surface area (TPSA) is 20.3 Å². The minimum Gasteiger partial charge on any atom is -0.306 e. The molecule has 0 atom stereocenters. The van der Waals surface area contributed by atoms with Gasteiger partial charge in [0.2, 0.25) is 0 Å². The van der Waals surface area contributed by atoms with Gasteiger partial charge >= 0.3 is 0 Å². The fourth-order valence-electron chi connectivity index (χ4n) is 0.977. The number of carbonyl (C=O) groups is 1. The summed E-state index contributed by atoms with van der Waals surface area (Å²) in [6, 6.07) is 0. The molecule has 0 aliphatic heterocycles. The zero-order chi connectivity index (χ0) is 11.2. The molecule has 0 radical (unpaired) electrons. The maximum atomic E-state index is 11.4. The van der Waals surface area contributed by atoms with E-state index in [1.54, 1.807) is 6.08 Å². The average molecular weight is 197 g/mol. The summed E-state index contributed by atoms with van der Waals surface area (Å²) in [5.74, 6) is 0.238. The highest BCUT2D eigenvalue weighted by Crippen LogP contribution is 2.20. The van der Waals surface area contributed by atoms with Crippen molar-refractivity contribution in [2.24, 2.45) is 5.41 Å². The molecule has 0 aromatic rings. The molecule has 0 saturated carbocycles. The number of hydrogen-bond acceptors (Lipinski definition) is 2. The highest BCUT2D eigenvalue weighted by atomic mass is 16.1. The normalized spacial score (nSPS) is 12.7. The van der Waals surface area contributed by atoms with E-state index in [0.717, 1.165) is 13.0 Å². The Kier molecular flexibility index (Phi) is 5.70. The smallest absolute Gasteiger partial charge is 0.155 e. The van der Waals surface area contributed by atoms with Gasteiger partial charge in [0.15, 0.2) is 5.78 Å². The van der Waals surface area contributed by atoms with E-state index in [1.807, 2.05) is 25.1 Å². The molecule has 0 fully saturated rings. The van der Waals surface area contributed by atoms with Crippen LogP contribution in [0.25, 0.3) is 0 Å². The lowest BCUT2D eigenvalue weighted by Crippen LogP contribution is -2.11. The summed E-state index contributed by atoms with van der Waals surface area (Å²) in [5, 5.41) is 0. The maximum absolute atomic E-state index is 11.4. The van der Waals surface area contributed by atoms with E-state index >= 15 is 0 Å². The van der Waals surface area contributed by atoms with Gasteiger partial charge in [0.25, 0.3) is 0 Å². The Morgan fingerprint density at radius 1 is 1.29 bits per heavy atom. The van der Waals surface area contributed by atoms with E-state index in [4.69, 9.17) is 0 Å². The highest BCUT2D eigenvalue weighted by Gasteiger charge is 2.11. The van der Waals surface area contributed by atoms with Crippen LogP contribution in [0.15, 0.2) is 12.2 Å². The molecule has 0 bridgehead atoms. The van der Waals surface area contributed by atoms with E-state index in [1.165, 1.54) is 0 Å². The molecule has 0 N–H and O–H groups in total. The quantitative estimate of drug-likeness (QED) is 0.631. The summed E-state index contributed by atoms with van der Waals surface area (Å²) in [6.07, 6.45) is 5.24. The summed E-state index contributed by atoms with van der Waals surface area (Å²) < 4.78 is 0. The van der Waals surface area contributed by atoms with Crippen LogP contribution in [0.1, 0.15) is 33.6 Å². The molecule has 0 amide bonds. The van der Waals surface area contributed by atoms with E-state index < -0.39 is 0 Å². The van der Waals surface area contributed by atoms with Crippen LogP contribution in [-0.4, -0.2) is 31.3 Å². The summed E-state index contributed by atoms with van der Waals surface area (Å²) >= 11 is 0. The largest absolute Gasteiger partial charge is 0.306 e.